The summed E-state index contributed by atoms with van der Waals surface area (Å²) in [6.07, 6.45) is 3.74. The third-order valence-corrected chi connectivity index (χ3v) is 6.01. The molecule has 1 aromatic rings. The Hall–Kier alpha value is -0.130. The molecule has 112 valence electrons. The quantitative estimate of drug-likeness (QED) is 0.902. The van der Waals surface area contributed by atoms with Crippen molar-refractivity contribution >= 4 is 22.9 Å². The SMILES string of the molecule is CCO[C@@H]1C[C@H](NCc2cc(Cl)cs2)C12CCOCC2. The number of ether oxygens (including phenoxy) is 2. The number of halogens is 1. The second kappa shape index (κ2) is 6.32. The number of nitrogens with one attached hydrogen (secondary N) is 1. The molecule has 20 heavy (non-hydrogen) atoms. The van der Waals surface area contributed by atoms with Crippen LogP contribution in [0, 0.1) is 5.41 Å². The van der Waals surface area contributed by atoms with Crippen LogP contribution in [0.25, 0.3) is 0 Å². The normalized spacial score (nSPS) is 28.5. The summed E-state index contributed by atoms with van der Waals surface area (Å²) in [5, 5.41) is 6.55. The van der Waals surface area contributed by atoms with E-state index in [1.165, 1.54) is 4.88 Å². The minimum atomic E-state index is 0.287. The first-order valence-electron chi connectivity index (χ1n) is 7.40. The van der Waals surface area contributed by atoms with E-state index in [0.717, 1.165) is 50.7 Å². The zero-order valence-electron chi connectivity index (χ0n) is 11.9. The number of rotatable bonds is 5. The minimum Gasteiger partial charge on any atom is -0.381 e. The first kappa shape index (κ1) is 14.8. The van der Waals surface area contributed by atoms with Crippen molar-refractivity contribution in [1.82, 2.24) is 5.32 Å². The van der Waals surface area contributed by atoms with Gasteiger partial charge in [-0.05, 0) is 32.3 Å². The fourth-order valence-electron chi connectivity index (χ4n) is 3.56. The lowest BCUT2D eigenvalue weighted by Crippen LogP contribution is -2.65. The highest BCUT2D eigenvalue weighted by Crippen LogP contribution is 2.50. The lowest BCUT2D eigenvalue weighted by atomic mass is 9.57. The highest BCUT2D eigenvalue weighted by molar-refractivity contribution is 7.10. The largest absolute Gasteiger partial charge is 0.381 e. The molecule has 1 aromatic heterocycles. The zero-order valence-corrected chi connectivity index (χ0v) is 13.4. The van der Waals surface area contributed by atoms with Gasteiger partial charge >= 0.3 is 0 Å². The second-order valence-electron chi connectivity index (χ2n) is 5.69. The van der Waals surface area contributed by atoms with Gasteiger partial charge in [-0.1, -0.05) is 11.6 Å². The average Bonchev–Trinajstić information content (AvgIpc) is 2.88. The van der Waals surface area contributed by atoms with Crippen molar-refractivity contribution in [3.63, 3.8) is 0 Å². The van der Waals surface area contributed by atoms with Gasteiger partial charge in [0.05, 0.1) is 11.1 Å². The van der Waals surface area contributed by atoms with Crippen LogP contribution in [0.3, 0.4) is 0 Å². The molecule has 0 aromatic carbocycles. The van der Waals surface area contributed by atoms with Crippen LogP contribution >= 0.6 is 22.9 Å². The molecule has 5 heteroatoms. The molecule has 2 fully saturated rings. The van der Waals surface area contributed by atoms with Gasteiger partial charge in [0, 0.05) is 48.1 Å². The van der Waals surface area contributed by atoms with E-state index in [1.807, 2.05) is 5.38 Å². The average molecular weight is 316 g/mol. The Morgan fingerprint density at radius 1 is 1.50 bits per heavy atom. The predicted octanol–water partition coefficient (Wildman–Crippen LogP) is 3.47. The van der Waals surface area contributed by atoms with Gasteiger partial charge in [0.2, 0.25) is 0 Å². The Kier molecular flexibility index (Phi) is 4.68. The predicted molar refractivity (Wildman–Crippen MR) is 82.5 cm³/mol. The van der Waals surface area contributed by atoms with E-state index < -0.39 is 0 Å². The van der Waals surface area contributed by atoms with Gasteiger partial charge in [-0.25, -0.2) is 0 Å². The maximum atomic E-state index is 5.98. The summed E-state index contributed by atoms with van der Waals surface area (Å²) < 4.78 is 11.5. The maximum Gasteiger partial charge on any atom is 0.0662 e. The number of hydrogen-bond acceptors (Lipinski definition) is 4. The smallest absolute Gasteiger partial charge is 0.0662 e. The van der Waals surface area contributed by atoms with Crippen LogP contribution < -0.4 is 5.32 Å². The van der Waals surface area contributed by atoms with Crippen LogP contribution in [-0.2, 0) is 16.0 Å². The molecule has 1 saturated carbocycles. The summed E-state index contributed by atoms with van der Waals surface area (Å²) in [5.41, 5.74) is 0.287. The lowest BCUT2D eigenvalue weighted by Gasteiger charge is -2.57. The second-order valence-corrected chi connectivity index (χ2v) is 7.12. The van der Waals surface area contributed by atoms with Gasteiger partial charge in [0.1, 0.15) is 0 Å². The van der Waals surface area contributed by atoms with Crippen molar-refractivity contribution < 1.29 is 9.47 Å². The third-order valence-electron chi connectivity index (χ3n) is 4.72. The molecule has 1 saturated heterocycles. The summed E-state index contributed by atoms with van der Waals surface area (Å²) in [6, 6.07) is 2.60. The molecule has 0 amide bonds. The van der Waals surface area contributed by atoms with Crippen molar-refractivity contribution in [3.8, 4) is 0 Å². The van der Waals surface area contributed by atoms with Crippen LogP contribution in [0.2, 0.25) is 5.02 Å². The van der Waals surface area contributed by atoms with E-state index in [1.54, 1.807) is 11.3 Å². The first-order valence-corrected chi connectivity index (χ1v) is 8.66. The zero-order chi connectivity index (χ0) is 14.0. The molecular weight excluding hydrogens is 294 g/mol. The summed E-state index contributed by atoms with van der Waals surface area (Å²) in [4.78, 5) is 1.30. The molecule has 0 radical (unpaired) electrons. The van der Waals surface area contributed by atoms with Crippen LogP contribution in [0.15, 0.2) is 11.4 Å². The molecule has 0 unspecified atom stereocenters. The standard InChI is InChI=1S/C15H22ClNO2S/c1-2-19-14-8-13(15(14)3-5-18-6-4-15)17-9-12-7-11(16)10-20-12/h7,10,13-14,17H,2-6,8-9H2,1H3/t13-,14+/m0/s1. The maximum absolute atomic E-state index is 5.98. The van der Waals surface area contributed by atoms with E-state index in [-0.39, 0.29) is 5.41 Å². The highest BCUT2D eigenvalue weighted by Gasteiger charge is 2.55. The number of hydrogen-bond donors (Lipinski definition) is 1. The van der Waals surface area contributed by atoms with Gasteiger partial charge in [-0.3, -0.25) is 0 Å². The molecule has 3 rings (SSSR count). The fourth-order valence-corrected chi connectivity index (χ4v) is 4.59. The van der Waals surface area contributed by atoms with Crippen LogP contribution in [0.1, 0.15) is 31.1 Å². The van der Waals surface area contributed by atoms with Gasteiger partial charge < -0.3 is 14.8 Å². The Morgan fingerprint density at radius 2 is 2.30 bits per heavy atom. The Bertz CT molecular complexity index is 445. The third kappa shape index (κ3) is 2.77. The molecule has 2 heterocycles. The molecule has 0 bridgehead atoms. The van der Waals surface area contributed by atoms with Crippen molar-refractivity contribution in [2.24, 2.45) is 5.41 Å². The topological polar surface area (TPSA) is 30.5 Å². The Morgan fingerprint density at radius 3 is 2.95 bits per heavy atom. The van der Waals surface area contributed by atoms with Crippen molar-refractivity contribution in [3.05, 3.63) is 21.3 Å². The lowest BCUT2D eigenvalue weighted by molar-refractivity contribution is -0.173. The van der Waals surface area contributed by atoms with E-state index in [4.69, 9.17) is 21.1 Å². The van der Waals surface area contributed by atoms with E-state index in [2.05, 4.69) is 18.3 Å². The van der Waals surface area contributed by atoms with Crippen LogP contribution in [-0.4, -0.2) is 32.0 Å². The van der Waals surface area contributed by atoms with Gasteiger partial charge in [-0.15, -0.1) is 11.3 Å². The molecular formula is C15H22ClNO2S. The van der Waals surface area contributed by atoms with Gasteiger partial charge in [0.25, 0.3) is 0 Å². The summed E-state index contributed by atoms with van der Waals surface area (Å²) in [6.45, 7) is 5.53. The van der Waals surface area contributed by atoms with Crippen molar-refractivity contribution in [2.75, 3.05) is 19.8 Å². The van der Waals surface area contributed by atoms with Gasteiger partial charge in [0.15, 0.2) is 0 Å². The Labute approximate surface area is 129 Å². The Balaban J connectivity index is 1.61. The van der Waals surface area contributed by atoms with Crippen LogP contribution in [0.4, 0.5) is 0 Å². The highest BCUT2D eigenvalue weighted by atomic mass is 35.5. The fraction of sp³-hybridized carbons (Fsp3) is 0.733. The van der Waals surface area contributed by atoms with Crippen molar-refractivity contribution in [1.29, 1.82) is 0 Å². The van der Waals surface area contributed by atoms with Crippen molar-refractivity contribution in [2.45, 2.75) is 44.9 Å². The summed E-state index contributed by atoms with van der Waals surface area (Å²) >= 11 is 7.70. The van der Waals surface area contributed by atoms with E-state index >= 15 is 0 Å². The minimum absolute atomic E-state index is 0.287. The molecule has 2 atom stereocenters. The van der Waals surface area contributed by atoms with E-state index in [9.17, 15) is 0 Å². The van der Waals surface area contributed by atoms with Crippen LogP contribution in [0.5, 0.6) is 0 Å². The molecule has 1 N–H and O–H groups in total. The monoisotopic (exact) mass is 315 g/mol. The molecule has 1 aliphatic heterocycles. The number of thiophene rings is 1. The molecule has 3 nitrogen and oxygen atoms in total. The summed E-state index contributed by atoms with van der Waals surface area (Å²) in [7, 11) is 0. The molecule has 1 aliphatic carbocycles. The summed E-state index contributed by atoms with van der Waals surface area (Å²) in [5.74, 6) is 0. The molecule has 2 aliphatic rings. The molecule has 1 spiro atoms. The van der Waals surface area contributed by atoms with E-state index in [0.29, 0.717) is 12.1 Å². The first-order chi connectivity index (χ1) is 9.74. The van der Waals surface area contributed by atoms with Gasteiger partial charge in [-0.2, -0.15) is 0 Å².